The summed E-state index contributed by atoms with van der Waals surface area (Å²) in [5.41, 5.74) is 0.532. The van der Waals surface area contributed by atoms with Crippen LogP contribution in [0, 0.1) is 5.92 Å². The number of carbonyl (C=O) groups is 3. The molecule has 1 aromatic rings. The first-order valence-electron chi connectivity index (χ1n) is 9.69. The fraction of sp³-hybridized carbons (Fsp3) is 0.571. The predicted molar refractivity (Wildman–Crippen MR) is 102 cm³/mol. The highest BCUT2D eigenvalue weighted by Gasteiger charge is 2.21. The quantitative estimate of drug-likeness (QED) is 0.610. The Bertz CT molecular complexity index is 652. The standard InChI is InChI=1S/C21H29NO5/c1-15(23)17-8-5-9-19(13-17)27-14-20(24)22-18(10-11-21(25)26)12-16-6-3-2-4-7-16/h5,8-9,13,16,18H,2-4,6-7,10-12,14H2,1H3,(H,22,24)(H,25,26). The molecule has 0 spiro atoms. The fourth-order valence-corrected chi connectivity index (χ4v) is 3.59. The number of nitrogens with one attached hydrogen (secondary N) is 1. The molecule has 2 rings (SSSR count). The van der Waals surface area contributed by atoms with E-state index < -0.39 is 5.97 Å². The van der Waals surface area contributed by atoms with E-state index in [2.05, 4.69) is 5.32 Å². The minimum absolute atomic E-state index is 0.0409. The molecule has 1 aliphatic rings. The number of benzene rings is 1. The van der Waals surface area contributed by atoms with Crippen molar-refractivity contribution in [1.29, 1.82) is 0 Å². The number of ether oxygens (including phenoxy) is 1. The van der Waals surface area contributed by atoms with Crippen LogP contribution in [-0.2, 0) is 9.59 Å². The predicted octanol–water partition coefficient (Wildman–Crippen LogP) is 3.59. The third-order valence-corrected chi connectivity index (χ3v) is 5.02. The highest BCUT2D eigenvalue weighted by atomic mass is 16.5. The molecule has 1 aliphatic carbocycles. The molecule has 0 aliphatic heterocycles. The third kappa shape index (κ3) is 7.81. The topological polar surface area (TPSA) is 92.7 Å². The summed E-state index contributed by atoms with van der Waals surface area (Å²) in [7, 11) is 0. The van der Waals surface area contributed by atoms with E-state index >= 15 is 0 Å². The lowest BCUT2D eigenvalue weighted by Gasteiger charge is -2.27. The monoisotopic (exact) mass is 375 g/mol. The lowest BCUT2D eigenvalue weighted by atomic mass is 9.84. The van der Waals surface area contributed by atoms with E-state index in [1.165, 1.54) is 26.2 Å². The molecule has 1 unspecified atom stereocenters. The zero-order valence-corrected chi connectivity index (χ0v) is 15.9. The minimum Gasteiger partial charge on any atom is -0.484 e. The van der Waals surface area contributed by atoms with Gasteiger partial charge in [-0.25, -0.2) is 0 Å². The summed E-state index contributed by atoms with van der Waals surface area (Å²) in [4.78, 5) is 34.6. The summed E-state index contributed by atoms with van der Waals surface area (Å²) < 4.78 is 5.49. The van der Waals surface area contributed by atoms with Crippen LogP contribution in [0.15, 0.2) is 24.3 Å². The van der Waals surface area contributed by atoms with Gasteiger partial charge >= 0.3 is 5.97 Å². The van der Waals surface area contributed by atoms with Crippen LogP contribution in [0.3, 0.4) is 0 Å². The zero-order chi connectivity index (χ0) is 19.6. The zero-order valence-electron chi connectivity index (χ0n) is 15.9. The average Bonchev–Trinajstić information content (AvgIpc) is 2.65. The summed E-state index contributed by atoms with van der Waals surface area (Å²) in [6.45, 7) is 1.32. The van der Waals surface area contributed by atoms with Crippen molar-refractivity contribution in [2.45, 2.75) is 64.3 Å². The lowest BCUT2D eigenvalue weighted by Crippen LogP contribution is -2.39. The van der Waals surface area contributed by atoms with E-state index in [1.807, 2.05) is 0 Å². The van der Waals surface area contributed by atoms with Crippen LogP contribution in [0.2, 0.25) is 0 Å². The molecule has 6 nitrogen and oxygen atoms in total. The first kappa shape index (κ1) is 20.9. The van der Waals surface area contributed by atoms with Gasteiger partial charge in [-0.05, 0) is 37.8 Å². The Labute approximate surface area is 160 Å². The molecule has 0 saturated heterocycles. The number of Topliss-reactive ketones (excluding diaryl/α,β-unsaturated/α-hetero) is 1. The molecule has 1 atom stereocenters. The number of aliphatic carboxylic acids is 1. The van der Waals surface area contributed by atoms with Gasteiger partial charge in [0.15, 0.2) is 12.4 Å². The molecule has 1 saturated carbocycles. The first-order valence-corrected chi connectivity index (χ1v) is 9.69. The van der Waals surface area contributed by atoms with Gasteiger partial charge in [-0.3, -0.25) is 14.4 Å². The Kier molecular flexibility index (Phi) is 8.30. The number of hydrogen-bond donors (Lipinski definition) is 2. The first-order chi connectivity index (χ1) is 12.9. The lowest BCUT2D eigenvalue weighted by molar-refractivity contribution is -0.137. The van der Waals surface area contributed by atoms with Crippen LogP contribution in [-0.4, -0.2) is 35.4 Å². The van der Waals surface area contributed by atoms with Crippen LogP contribution < -0.4 is 10.1 Å². The Morgan fingerprint density at radius 2 is 1.96 bits per heavy atom. The smallest absolute Gasteiger partial charge is 0.303 e. The SMILES string of the molecule is CC(=O)c1cccc(OCC(=O)NC(CCC(=O)O)CC2CCCCC2)c1. The Morgan fingerprint density at radius 3 is 2.63 bits per heavy atom. The van der Waals surface area contributed by atoms with Gasteiger partial charge in [0.2, 0.25) is 0 Å². The molecule has 0 heterocycles. The van der Waals surface area contributed by atoms with E-state index in [9.17, 15) is 14.4 Å². The van der Waals surface area contributed by atoms with Gasteiger partial charge in [-0.2, -0.15) is 0 Å². The number of carbonyl (C=O) groups excluding carboxylic acids is 2. The second-order valence-corrected chi connectivity index (χ2v) is 7.31. The Balaban J connectivity index is 1.86. The average molecular weight is 375 g/mol. The molecule has 0 aromatic heterocycles. The van der Waals surface area contributed by atoms with Gasteiger partial charge in [-0.15, -0.1) is 0 Å². The maximum Gasteiger partial charge on any atom is 0.303 e. The molecule has 0 bridgehead atoms. The Morgan fingerprint density at radius 1 is 1.22 bits per heavy atom. The molecule has 0 radical (unpaired) electrons. The van der Waals surface area contributed by atoms with Crippen LogP contribution in [0.4, 0.5) is 0 Å². The summed E-state index contributed by atoms with van der Waals surface area (Å²) in [5, 5.41) is 11.9. The largest absolute Gasteiger partial charge is 0.484 e. The van der Waals surface area contributed by atoms with Gasteiger partial charge in [0.05, 0.1) is 0 Å². The van der Waals surface area contributed by atoms with E-state index in [4.69, 9.17) is 9.84 Å². The van der Waals surface area contributed by atoms with Crippen LogP contribution >= 0.6 is 0 Å². The summed E-state index contributed by atoms with van der Waals surface area (Å²) in [5.74, 6) is -0.172. The van der Waals surface area contributed by atoms with Crippen molar-refractivity contribution < 1.29 is 24.2 Å². The van der Waals surface area contributed by atoms with Crippen LogP contribution in [0.1, 0.15) is 68.6 Å². The van der Waals surface area contributed by atoms with Crippen molar-refractivity contribution in [3.63, 3.8) is 0 Å². The van der Waals surface area contributed by atoms with E-state index in [0.717, 1.165) is 19.3 Å². The summed E-state index contributed by atoms with van der Waals surface area (Å²) in [6, 6.07) is 6.57. The van der Waals surface area contributed by atoms with Gasteiger partial charge in [0.1, 0.15) is 5.75 Å². The van der Waals surface area contributed by atoms with Crippen LogP contribution in [0.25, 0.3) is 0 Å². The van der Waals surface area contributed by atoms with E-state index in [1.54, 1.807) is 24.3 Å². The summed E-state index contributed by atoms with van der Waals surface area (Å²) >= 11 is 0. The molecule has 1 aromatic carbocycles. The highest BCUT2D eigenvalue weighted by molar-refractivity contribution is 5.94. The fourth-order valence-electron chi connectivity index (χ4n) is 3.59. The van der Waals surface area contributed by atoms with Gasteiger partial charge in [-0.1, -0.05) is 44.2 Å². The number of carboxylic acid groups (broad SMARTS) is 1. The molecule has 2 N–H and O–H groups in total. The van der Waals surface area contributed by atoms with Crippen molar-refractivity contribution >= 4 is 17.7 Å². The van der Waals surface area contributed by atoms with Crippen molar-refractivity contribution in [3.8, 4) is 5.75 Å². The number of carboxylic acids is 1. The molecule has 148 valence electrons. The minimum atomic E-state index is -0.852. The maximum absolute atomic E-state index is 12.3. The number of amides is 1. The van der Waals surface area contributed by atoms with Crippen molar-refractivity contribution in [3.05, 3.63) is 29.8 Å². The van der Waals surface area contributed by atoms with Crippen molar-refractivity contribution in [1.82, 2.24) is 5.32 Å². The van der Waals surface area contributed by atoms with Crippen molar-refractivity contribution in [2.24, 2.45) is 5.92 Å². The van der Waals surface area contributed by atoms with E-state index in [0.29, 0.717) is 23.7 Å². The molecule has 27 heavy (non-hydrogen) atoms. The number of rotatable bonds is 10. The van der Waals surface area contributed by atoms with Crippen LogP contribution in [0.5, 0.6) is 5.75 Å². The highest BCUT2D eigenvalue weighted by Crippen LogP contribution is 2.28. The van der Waals surface area contributed by atoms with Gasteiger partial charge < -0.3 is 15.2 Å². The third-order valence-electron chi connectivity index (χ3n) is 5.02. The maximum atomic E-state index is 12.3. The molecule has 1 amide bonds. The molecular formula is C21H29NO5. The second-order valence-electron chi connectivity index (χ2n) is 7.31. The van der Waals surface area contributed by atoms with Crippen molar-refractivity contribution in [2.75, 3.05) is 6.61 Å². The number of hydrogen-bond acceptors (Lipinski definition) is 4. The van der Waals surface area contributed by atoms with Gasteiger partial charge in [0, 0.05) is 18.0 Å². The molecule has 6 heteroatoms. The summed E-state index contributed by atoms with van der Waals surface area (Å²) in [6.07, 6.45) is 7.26. The van der Waals surface area contributed by atoms with Gasteiger partial charge in [0.25, 0.3) is 5.91 Å². The normalized spacial score (nSPS) is 15.7. The molecule has 1 fully saturated rings. The van der Waals surface area contributed by atoms with E-state index in [-0.39, 0.29) is 30.8 Å². The molecular weight excluding hydrogens is 346 g/mol. The number of ketones is 1. The Hall–Kier alpha value is -2.37. The second kappa shape index (κ2) is 10.7.